The number of oxazole rings is 1. The van der Waals surface area contributed by atoms with Crippen molar-refractivity contribution in [3.63, 3.8) is 0 Å². The lowest BCUT2D eigenvalue weighted by Crippen LogP contribution is -1.93. The molecule has 0 fully saturated rings. The predicted octanol–water partition coefficient (Wildman–Crippen LogP) is 1.54. The number of rotatable bonds is 5. The SMILES string of the molecule is Cc1oc(CSc2nccn2C)nc1CCO. The summed E-state index contributed by atoms with van der Waals surface area (Å²) < 4.78 is 7.48. The van der Waals surface area contributed by atoms with Crippen molar-refractivity contribution in [2.24, 2.45) is 7.05 Å². The zero-order valence-corrected chi connectivity index (χ0v) is 10.7. The van der Waals surface area contributed by atoms with E-state index in [2.05, 4.69) is 9.97 Å². The van der Waals surface area contributed by atoms with Crippen LogP contribution >= 0.6 is 11.8 Å². The van der Waals surface area contributed by atoms with E-state index in [-0.39, 0.29) is 6.61 Å². The molecule has 2 aromatic heterocycles. The van der Waals surface area contributed by atoms with Crippen LogP contribution in [0.25, 0.3) is 0 Å². The van der Waals surface area contributed by atoms with E-state index in [9.17, 15) is 0 Å². The molecule has 0 aliphatic carbocycles. The third-order valence-corrected chi connectivity index (χ3v) is 3.43. The minimum Gasteiger partial charge on any atom is -0.445 e. The van der Waals surface area contributed by atoms with Gasteiger partial charge in [-0.25, -0.2) is 9.97 Å². The topological polar surface area (TPSA) is 64.1 Å². The molecule has 0 saturated heterocycles. The van der Waals surface area contributed by atoms with Crippen LogP contribution in [-0.2, 0) is 19.2 Å². The third-order valence-electron chi connectivity index (χ3n) is 2.39. The highest BCUT2D eigenvalue weighted by Gasteiger charge is 2.10. The van der Waals surface area contributed by atoms with Gasteiger partial charge in [-0.2, -0.15) is 0 Å². The Bertz CT molecular complexity index is 493. The molecular formula is C11H15N3O2S. The molecule has 2 aromatic rings. The first-order chi connectivity index (χ1) is 8.20. The van der Waals surface area contributed by atoms with Gasteiger partial charge in [0.2, 0.25) is 5.89 Å². The lowest BCUT2D eigenvalue weighted by atomic mass is 10.3. The number of imidazole rings is 1. The van der Waals surface area contributed by atoms with Crippen molar-refractivity contribution in [2.45, 2.75) is 24.3 Å². The lowest BCUT2D eigenvalue weighted by Gasteiger charge is -1.97. The summed E-state index contributed by atoms with van der Waals surface area (Å²) in [5, 5.41) is 9.80. The van der Waals surface area contributed by atoms with E-state index in [0.29, 0.717) is 18.1 Å². The second-order valence-electron chi connectivity index (χ2n) is 3.69. The summed E-state index contributed by atoms with van der Waals surface area (Å²) in [6.45, 7) is 1.96. The summed E-state index contributed by atoms with van der Waals surface area (Å²) >= 11 is 1.58. The Morgan fingerprint density at radius 2 is 2.35 bits per heavy atom. The fourth-order valence-corrected chi connectivity index (χ4v) is 2.28. The van der Waals surface area contributed by atoms with Gasteiger partial charge in [0.1, 0.15) is 5.76 Å². The van der Waals surface area contributed by atoms with E-state index >= 15 is 0 Å². The number of aryl methyl sites for hydroxylation is 2. The number of aromatic nitrogens is 3. The van der Waals surface area contributed by atoms with Crippen LogP contribution in [0.5, 0.6) is 0 Å². The number of thioether (sulfide) groups is 1. The molecule has 0 aliphatic heterocycles. The standard InChI is InChI=1S/C11H15N3O2S/c1-8-9(3-6-15)13-10(16-8)7-17-11-12-4-5-14(11)2/h4-5,15H,3,6-7H2,1-2H3. The van der Waals surface area contributed by atoms with Crippen LogP contribution in [-0.4, -0.2) is 26.2 Å². The van der Waals surface area contributed by atoms with E-state index in [1.807, 2.05) is 24.7 Å². The predicted molar refractivity (Wildman–Crippen MR) is 64.8 cm³/mol. The molecule has 0 atom stereocenters. The third kappa shape index (κ3) is 2.89. The molecule has 0 bridgehead atoms. The molecule has 17 heavy (non-hydrogen) atoms. The maximum Gasteiger partial charge on any atom is 0.205 e. The normalized spacial score (nSPS) is 11.0. The van der Waals surface area contributed by atoms with Crippen molar-refractivity contribution in [1.29, 1.82) is 0 Å². The summed E-state index contributed by atoms with van der Waals surface area (Å²) in [6, 6.07) is 0. The van der Waals surface area contributed by atoms with Crippen molar-refractivity contribution in [3.8, 4) is 0 Å². The summed E-state index contributed by atoms with van der Waals surface area (Å²) in [5.74, 6) is 2.12. The zero-order valence-electron chi connectivity index (χ0n) is 9.88. The molecule has 0 saturated carbocycles. The first kappa shape index (κ1) is 12.2. The summed E-state index contributed by atoms with van der Waals surface area (Å²) in [7, 11) is 1.95. The maximum absolute atomic E-state index is 8.87. The second-order valence-corrected chi connectivity index (χ2v) is 4.64. The summed E-state index contributed by atoms with van der Waals surface area (Å²) in [5.41, 5.74) is 0.836. The molecule has 0 unspecified atom stereocenters. The fourth-order valence-electron chi connectivity index (χ4n) is 1.50. The largest absolute Gasteiger partial charge is 0.445 e. The van der Waals surface area contributed by atoms with Crippen LogP contribution in [0.15, 0.2) is 22.0 Å². The van der Waals surface area contributed by atoms with Gasteiger partial charge in [0.05, 0.1) is 11.4 Å². The highest BCUT2D eigenvalue weighted by atomic mass is 32.2. The first-order valence-electron chi connectivity index (χ1n) is 5.37. The van der Waals surface area contributed by atoms with E-state index < -0.39 is 0 Å². The Morgan fingerprint density at radius 3 is 3.00 bits per heavy atom. The Kier molecular flexibility index (Phi) is 3.86. The highest BCUT2D eigenvalue weighted by molar-refractivity contribution is 7.98. The molecule has 92 valence electrons. The number of hydrogen-bond acceptors (Lipinski definition) is 5. The van der Waals surface area contributed by atoms with Gasteiger partial charge in [0.25, 0.3) is 0 Å². The molecule has 6 heteroatoms. The van der Waals surface area contributed by atoms with E-state index in [0.717, 1.165) is 16.6 Å². The number of aliphatic hydroxyl groups is 1. The van der Waals surface area contributed by atoms with Gasteiger partial charge in [0.15, 0.2) is 5.16 Å². The quantitative estimate of drug-likeness (QED) is 0.819. The van der Waals surface area contributed by atoms with Crippen molar-refractivity contribution >= 4 is 11.8 Å². The smallest absolute Gasteiger partial charge is 0.205 e. The van der Waals surface area contributed by atoms with Crippen LogP contribution in [0, 0.1) is 6.92 Å². The minimum absolute atomic E-state index is 0.0965. The molecule has 5 nitrogen and oxygen atoms in total. The van der Waals surface area contributed by atoms with Gasteiger partial charge >= 0.3 is 0 Å². The monoisotopic (exact) mass is 253 g/mol. The summed E-state index contributed by atoms with van der Waals surface area (Å²) in [4.78, 5) is 8.56. The molecule has 0 amide bonds. The van der Waals surface area contributed by atoms with Gasteiger partial charge in [-0.3, -0.25) is 0 Å². The Morgan fingerprint density at radius 1 is 1.53 bits per heavy atom. The van der Waals surface area contributed by atoms with Crippen molar-refractivity contribution in [2.75, 3.05) is 6.61 Å². The van der Waals surface area contributed by atoms with E-state index in [4.69, 9.17) is 9.52 Å². The summed E-state index contributed by atoms with van der Waals surface area (Å²) in [6.07, 6.45) is 4.21. The average molecular weight is 253 g/mol. The molecule has 0 aromatic carbocycles. The van der Waals surface area contributed by atoms with Crippen molar-refractivity contribution in [3.05, 3.63) is 29.7 Å². The van der Waals surface area contributed by atoms with Crippen LogP contribution in [0.1, 0.15) is 17.3 Å². The molecule has 0 aliphatic rings. The Hall–Kier alpha value is -1.27. The van der Waals surface area contributed by atoms with Gasteiger partial charge in [-0.05, 0) is 6.92 Å². The molecular weight excluding hydrogens is 238 g/mol. The first-order valence-corrected chi connectivity index (χ1v) is 6.35. The molecule has 0 spiro atoms. The van der Waals surface area contributed by atoms with Gasteiger partial charge in [-0.15, -0.1) is 0 Å². The Labute approximate surface area is 104 Å². The molecule has 2 heterocycles. The Balaban J connectivity index is 2.00. The van der Waals surface area contributed by atoms with Crippen molar-refractivity contribution in [1.82, 2.24) is 14.5 Å². The van der Waals surface area contributed by atoms with Crippen molar-refractivity contribution < 1.29 is 9.52 Å². The maximum atomic E-state index is 8.87. The lowest BCUT2D eigenvalue weighted by molar-refractivity contribution is 0.297. The fraction of sp³-hybridized carbons (Fsp3) is 0.455. The minimum atomic E-state index is 0.0965. The highest BCUT2D eigenvalue weighted by Crippen LogP contribution is 2.21. The number of nitrogens with zero attached hydrogens (tertiary/aromatic N) is 3. The second kappa shape index (κ2) is 5.37. The van der Waals surface area contributed by atoms with Gasteiger partial charge in [-0.1, -0.05) is 11.8 Å². The zero-order chi connectivity index (χ0) is 12.3. The number of hydrogen-bond donors (Lipinski definition) is 1. The number of aliphatic hydroxyl groups excluding tert-OH is 1. The van der Waals surface area contributed by atoms with Crippen LogP contribution in [0.2, 0.25) is 0 Å². The van der Waals surface area contributed by atoms with E-state index in [1.165, 1.54) is 0 Å². The molecule has 2 rings (SSSR count). The van der Waals surface area contributed by atoms with Crippen LogP contribution < -0.4 is 0 Å². The van der Waals surface area contributed by atoms with Gasteiger partial charge < -0.3 is 14.1 Å². The molecule has 0 radical (unpaired) electrons. The van der Waals surface area contributed by atoms with E-state index in [1.54, 1.807) is 18.0 Å². The van der Waals surface area contributed by atoms with Gasteiger partial charge in [0, 0.05) is 32.5 Å². The molecule has 1 N–H and O–H groups in total. The van der Waals surface area contributed by atoms with Crippen LogP contribution in [0.3, 0.4) is 0 Å². The van der Waals surface area contributed by atoms with Crippen LogP contribution in [0.4, 0.5) is 0 Å². The average Bonchev–Trinajstić information content (AvgIpc) is 2.84.